The maximum absolute atomic E-state index is 12.0. The Morgan fingerprint density at radius 2 is 1.92 bits per heavy atom. The molecule has 2 aromatic carbocycles. The van der Waals surface area contributed by atoms with Gasteiger partial charge in [-0.3, -0.25) is 9.59 Å². The van der Waals surface area contributed by atoms with Crippen molar-refractivity contribution in [3.63, 3.8) is 0 Å². The standard InChI is InChI=1S/C19H19N3O3/c1-25-17-5-3-2-4-13(17)8-11-21-18(23)19(24)22-15-6-7-16-14(12-15)9-10-20-16/h2-7,9-10,12,20H,8,11H2,1H3,(H,21,23)(H,22,24). The van der Waals surface area contributed by atoms with Crippen molar-refractivity contribution in [1.29, 1.82) is 0 Å². The van der Waals surface area contributed by atoms with Gasteiger partial charge in [0.25, 0.3) is 0 Å². The molecule has 0 spiro atoms. The van der Waals surface area contributed by atoms with Crippen LogP contribution in [0.3, 0.4) is 0 Å². The van der Waals surface area contributed by atoms with Crippen LogP contribution in [-0.2, 0) is 16.0 Å². The maximum atomic E-state index is 12.0. The average molecular weight is 337 g/mol. The summed E-state index contributed by atoms with van der Waals surface area (Å²) in [6, 6.07) is 14.9. The predicted molar refractivity (Wildman–Crippen MR) is 96.6 cm³/mol. The Labute approximate surface area is 145 Å². The topological polar surface area (TPSA) is 83.2 Å². The van der Waals surface area contributed by atoms with Crippen LogP contribution in [0.25, 0.3) is 10.9 Å². The summed E-state index contributed by atoms with van der Waals surface area (Å²) in [6.45, 7) is 0.351. The molecule has 0 bridgehead atoms. The van der Waals surface area contributed by atoms with E-state index in [9.17, 15) is 9.59 Å². The molecule has 128 valence electrons. The summed E-state index contributed by atoms with van der Waals surface area (Å²) in [7, 11) is 1.60. The third kappa shape index (κ3) is 3.98. The van der Waals surface area contributed by atoms with E-state index in [2.05, 4.69) is 15.6 Å². The fourth-order valence-electron chi connectivity index (χ4n) is 2.62. The number of benzene rings is 2. The lowest BCUT2D eigenvalue weighted by Crippen LogP contribution is -2.36. The Morgan fingerprint density at radius 3 is 2.76 bits per heavy atom. The molecule has 0 aliphatic carbocycles. The number of anilines is 1. The molecule has 0 unspecified atom stereocenters. The number of hydrogen-bond donors (Lipinski definition) is 3. The molecule has 0 radical (unpaired) electrons. The van der Waals surface area contributed by atoms with Crippen LogP contribution in [0.4, 0.5) is 5.69 Å². The third-order valence-corrected chi connectivity index (χ3v) is 3.89. The Hall–Kier alpha value is -3.28. The fourth-order valence-corrected chi connectivity index (χ4v) is 2.62. The van der Waals surface area contributed by atoms with E-state index in [-0.39, 0.29) is 0 Å². The first-order chi connectivity index (χ1) is 12.2. The lowest BCUT2D eigenvalue weighted by molar-refractivity contribution is -0.136. The highest BCUT2D eigenvalue weighted by Crippen LogP contribution is 2.18. The van der Waals surface area contributed by atoms with E-state index in [1.807, 2.05) is 48.7 Å². The molecule has 0 saturated carbocycles. The molecule has 2 amide bonds. The van der Waals surface area contributed by atoms with Gasteiger partial charge in [-0.05, 0) is 42.3 Å². The lowest BCUT2D eigenvalue weighted by atomic mass is 10.1. The first-order valence-electron chi connectivity index (χ1n) is 7.95. The molecular formula is C19H19N3O3. The van der Waals surface area contributed by atoms with Gasteiger partial charge < -0.3 is 20.4 Å². The molecule has 0 fully saturated rings. The van der Waals surface area contributed by atoms with Gasteiger partial charge >= 0.3 is 11.8 Å². The lowest BCUT2D eigenvalue weighted by Gasteiger charge is -2.09. The van der Waals surface area contributed by atoms with Gasteiger partial charge in [0.1, 0.15) is 5.75 Å². The smallest absolute Gasteiger partial charge is 0.313 e. The summed E-state index contributed by atoms with van der Waals surface area (Å²) in [4.78, 5) is 27.0. The quantitative estimate of drug-likeness (QED) is 0.626. The number of H-pyrrole nitrogens is 1. The van der Waals surface area contributed by atoms with Gasteiger partial charge in [-0.25, -0.2) is 0 Å². The van der Waals surface area contributed by atoms with Crippen molar-refractivity contribution >= 4 is 28.4 Å². The Kier molecular flexibility index (Phi) is 4.99. The van der Waals surface area contributed by atoms with Crippen molar-refractivity contribution in [3.05, 3.63) is 60.3 Å². The number of nitrogens with one attached hydrogen (secondary N) is 3. The zero-order valence-electron chi connectivity index (χ0n) is 13.8. The molecule has 6 nitrogen and oxygen atoms in total. The number of aromatic nitrogens is 1. The molecule has 0 atom stereocenters. The van der Waals surface area contributed by atoms with Gasteiger partial charge in [-0.15, -0.1) is 0 Å². The van der Waals surface area contributed by atoms with Crippen molar-refractivity contribution in [2.75, 3.05) is 19.0 Å². The van der Waals surface area contributed by atoms with E-state index < -0.39 is 11.8 Å². The van der Waals surface area contributed by atoms with Crippen LogP contribution in [0.5, 0.6) is 5.75 Å². The molecule has 1 heterocycles. The molecule has 3 N–H and O–H groups in total. The van der Waals surface area contributed by atoms with Gasteiger partial charge in [0.2, 0.25) is 0 Å². The van der Waals surface area contributed by atoms with Crippen molar-refractivity contribution in [2.24, 2.45) is 0 Å². The number of rotatable bonds is 5. The first kappa shape index (κ1) is 16.6. The zero-order chi connectivity index (χ0) is 17.6. The molecule has 3 aromatic rings. The van der Waals surface area contributed by atoms with Crippen LogP contribution in [0.1, 0.15) is 5.56 Å². The van der Waals surface area contributed by atoms with E-state index in [4.69, 9.17) is 4.74 Å². The average Bonchev–Trinajstić information content (AvgIpc) is 3.09. The summed E-state index contributed by atoms with van der Waals surface area (Å²) < 4.78 is 5.26. The summed E-state index contributed by atoms with van der Waals surface area (Å²) in [5, 5.41) is 6.19. The molecular weight excluding hydrogens is 318 g/mol. The minimum atomic E-state index is -0.685. The van der Waals surface area contributed by atoms with Crippen LogP contribution >= 0.6 is 0 Å². The third-order valence-electron chi connectivity index (χ3n) is 3.89. The van der Waals surface area contributed by atoms with Crippen LogP contribution in [0, 0.1) is 0 Å². The van der Waals surface area contributed by atoms with Gasteiger partial charge in [-0.2, -0.15) is 0 Å². The largest absolute Gasteiger partial charge is 0.496 e. The fraction of sp³-hybridized carbons (Fsp3) is 0.158. The van der Waals surface area contributed by atoms with E-state index in [1.165, 1.54) is 0 Å². The maximum Gasteiger partial charge on any atom is 0.313 e. The van der Waals surface area contributed by atoms with Crippen LogP contribution < -0.4 is 15.4 Å². The monoisotopic (exact) mass is 337 g/mol. The summed E-state index contributed by atoms with van der Waals surface area (Å²) >= 11 is 0. The molecule has 1 aromatic heterocycles. The van der Waals surface area contributed by atoms with E-state index in [0.29, 0.717) is 18.7 Å². The van der Waals surface area contributed by atoms with Crippen LogP contribution in [0.15, 0.2) is 54.7 Å². The number of amides is 2. The number of methoxy groups -OCH3 is 1. The number of hydrogen-bond acceptors (Lipinski definition) is 3. The van der Waals surface area contributed by atoms with Crippen molar-refractivity contribution in [3.8, 4) is 5.75 Å². The summed E-state index contributed by atoms with van der Waals surface area (Å²) in [5.41, 5.74) is 2.53. The Bertz CT molecular complexity index is 902. The number of fused-ring (bicyclic) bond motifs is 1. The van der Waals surface area contributed by atoms with Crippen LogP contribution in [0.2, 0.25) is 0 Å². The van der Waals surface area contributed by atoms with Crippen molar-refractivity contribution in [1.82, 2.24) is 10.3 Å². The number of aromatic amines is 1. The zero-order valence-corrected chi connectivity index (χ0v) is 13.8. The highest BCUT2D eigenvalue weighted by Gasteiger charge is 2.13. The molecule has 25 heavy (non-hydrogen) atoms. The normalized spacial score (nSPS) is 10.4. The minimum absolute atomic E-state index is 0.351. The second-order valence-corrected chi connectivity index (χ2v) is 5.55. The highest BCUT2D eigenvalue weighted by atomic mass is 16.5. The highest BCUT2D eigenvalue weighted by molar-refractivity contribution is 6.39. The Morgan fingerprint density at radius 1 is 1.08 bits per heavy atom. The molecule has 0 aliphatic rings. The first-order valence-corrected chi connectivity index (χ1v) is 7.95. The van der Waals surface area contributed by atoms with Gasteiger partial charge in [-0.1, -0.05) is 18.2 Å². The van der Waals surface area contributed by atoms with E-state index in [0.717, 1.165) is 22.2 Å². The molecule has 0 aliphatic heterocycles. The van der Waals surface area contributed by atoms with Crippen molar-refractivity contribution < 1.29 is 14.3 Å². The number of ether oxygens (including phenoxy) is 1. The minimum Gasteiger partial charge on any atom is -0.496 e. The SMILES string of the molecule is COc1ccccc1CCNC(=O)C(=O)Nc1ccc2[nH]ccc2c1. The molecule has 6 heteroatoms. The van der Waals surface area contributed by atoms with Gasteiger partial charge in [0.05, 0.1) is 7.11 Å². The summed E-state index contributed by atoms with van der Waals surface area (Å²) in [6.07, 6.45) is 2.40. The number of carbonyl (C=O) groups excluding carboxylic acids is 2. The summed E-state index contributed by atoms with van der Waals surface area (Å²) in [5.74, 6) is -0.583. The van der Waals surface area contributed by atoms with E-state index in [1.54, 1.807) is 13.2 Å². The number of carbonyl (C=O) groups is 2. The van der Waals surface area contributed by atoms with Gasteiger partial charge in [0.15, 0.2) is 0 Å². The second kappa shape index (κ2) is 7.53. The molecule has 0 saturated heterocycles. The van der Waals surface area contributed by atoms with Crippen LogP contribution in [-0.4, -0.2) is 30.5 Å². The Balaban J connectivity index is 1.53. The van der Waals surface area contributed by atoms with Crippen molar-refractivity contribution in [2.45, 2.75) is 6.42 Å². The second-order valence-electron chi connectivity index (χ2n) is 5.55. The van der Waals surface area contributed by atoms with Gasteiger partial charge in [0, 0.05) is 29.3 Å². The predicted octanol–water partition coefficient (Wildman–Crippen LogP) is 2.47. The molecule has 3 rings (SSSR count). The number of para-hydroxylation sites is 1. The van der Waals surface area contributed by atoms with E-state index >= 15 is 0 Å².